The summed E-state index contributed by atoms with van der Waals surface area (Å²) in [6.07, 6.45) is 3.45. The van der Waals surface area contributed by atoms with Crippen LogP contribution in [0.15, 0.2) is 18.5 Å². The fraction of sp³-hybridized carbons (Fsp3) is 0.417. The quantitative estimate of drug-likeness (QED) is 0.775. The molecule has 3 heterocycles. The minimum atomic E-state index is 0.0448. The lowest BCUT2D eigenvalue weighted by molar-refractivity contribution is 0.0774. The van der Waals surface area contributed by atoms with Crippen LogP contribution in [0.2, 0.25) is 0 Å². The fourth-order valence-electron chi connectivity index (χ4n) is 2.05. The molecule has 2 aromatic rings. The molecule has 0 unspecified atom stereocenters. The van der Waals surface area contributed by atoms with Gasteiger partial charge in [0, 0.05) is 36.5 Å². The van der Waals surface area contributed by atoms with Crippen molar-refractivity contribution in [2.75, 3.05) is 24.6 Å². The first-order chi connectivity index (χ1) is 8.75. The Hall–Kier alpha value is -1.56. The van der Waals surface area contributed by atoms with Gasteiger partial charge in [-0.3, -0.25) is 4.79 Å². The molecule has 0 atom stereocenters. The molecule has 0 N–H and O–H groups in total. The van der Waals surface area contributed by atoms with E-state index < -0.39 is 0 Å². The van der Waals surface area contributed by atoms with E-state index in [9.17, 15) is 4.79 Å². The molecular formula is C12H14N4OS. The van der Waals surface area contributed by atoms with Gasteiger partial charge in [0.2, 0.25) is 0 Å². The number of rotatable bonds is 1. The normalized spacial score (nSPS) is 16.2. The summed E-state index contributed by atoms with van der Waals surface area (Å²) in [6.45, 7) is 3.54. The number of carbonyl (C=O) groups excluding carboxylic acids is 1. The molecule has 1 saturated heterocycles. The number of amides is 1. The molecule has 0 spiro atoms. The summed E-state index contributed by atoms with van der Waals surface area (Å²) in [4.78, 5) is 18.7. The molecule has 0 radical (unpaired) electrons. The van der Waals surface area contributed by atoms with E-state index in [1.165, 1.54) is 0 Å². The zero-order valence-corrected chi connectivity index (χ0v) is 11.0. The maximum atomic E-state index is 12.4. The molecule has 0 bridgehead atoms. The SMILES string of the molecule is Cc1ccn2ncc(C(=O)N3CCSCC3)c2n1. The number of thioether (sulfide) groups is 1. The standard InChI is InChI=1S/C12H14N4OS/c1-9-2-3-16-11(14-9)10(8-13-16)12(17)15-4-6-18-7-5-15/h2-3,8H,4-7H2,1H3. The monoisotopic (exact) mass is 262 g/mol. The van der Waals surface area contributed by atoms with Gasteiger partial charge >= 0.3 is 0 Å². The van der Waals surface area contributed by atoms with Gasteiger partial charge in [-0.25, -0.2) is 9.50 Å². The lowest BCUT2D eigenvalue weighted by atomic mass is 10.3. The van der Waals surface area contributed by atoms with E-state index in [1.807, 2.05) is 35.8 Å². The topological polar surface area (TPSA) is 50.5 Å². The first-order valence-corrected chi connectivity index (χ1v) is 7.09. The van der Waals surface area contributed by atoms with E-state index in [0.29, 0.717) is 11.2 Å². The van der Waals surface area contributed by atoms with Crippen LogP contribution in [-0.4, -0.2) is 50.0 Å². The largest absolute Gasteiger partial charge is 0.337 e. The van der Waals surface area contributed by atoms with Crippen molar-refractivity contribution in [3.63, 3.8) is 0 Å². The van der Waals surface area contributed by atoms with Crippen molar-refractivity contribution in [1.82, 2.24) is 19.5 Å². The van der Waals surface area contributed by atoms with E-state index in [0.717, 1.165) is 30.3 Å². The molecular weight excluding hydrogens is 248 g/mol. The van der Waals surface area contributed by atoms with Gasteiger partial charge in [-0.15, -0.1) is 0 Å². The molecule has 1 amide bonds. The van der Waals surface area contributed by atoms with Crippen LogP contribution in [0, 0.1) is 6.92 Å². The van der Waals surface area contributed by atoms with Crippen molar-refractivity contribution in [2.24, 2.45) is 0 Å². The molecule has 18 heavy (non-hydrogen) atoms. The minimum absolute atomic E-state index is 0.0448. The van der Waals surface area contributed by atoms with E-state index >= 15 is 0 Å². The average molecular weight is 262 g/mol. The van der Waals surface area contributed by atoms with Gasteiger partial charge in [0.15, 0.2) is 5.65 Å². The second kappa shape index (κ2) is 4.61. The predicted octanol–water partition coefficient (Wildman–Crippen LogP) is 1.23. The second-order valence-corrected chi connectivity index (χ2v) is 5.52. The Balaban J connectivity index is 1.98. The van der Waals surface area contributed by atoms with Crippen LogP contribution in [0.3, 0.4) is 0 Å². The molecule has 1 fully saturated rings. The molecule has 0 saturated carbocycles. The third kappa shape index (κ3) is 1.96. The predicted molar refractivity (Wildman–Crippen MR) is 71.0 cm³/mol. The van der Waals surface area contributed by atoms with Crippen LogP contribution >= 0.6 is 11.8 Å². The molecule has 94 valence electrons. The highest BCUT2D eigenvalue weighted by atomic mass is 32.2. The highest BCUT2D eigenvalue weighted by Crippen LogP contribution is 2.15. The molecule has 6 heteroatoms. The molecule has 3 rings (SSSR count). The Labute approximate surface area is 109 Å². The lowest BCUT2D eigenvalue weighted by Crippen LogP contribution is -2.37. The molecule has 5 nitrogen and oxygen atoms in total. The van der Waals surface area contributed by atoms with Crippen LogP contribution in [-0.2, 0) is 0 Å². The molecule has 1 aliphatic heterocycles. The molecule has 0 aliphatic carbocycles. The summed E-state index contributed by atoms with van der Waals surface area (Å²) >= 11 is 1.89. The second-order valence-electron chi connectivity index (χ2n) is 4.30. The van der Waals surface area contributed by atoms with Crippen molar-refractivity contribution >= 4 is 23.3 Å². The van der Waals surface area contributed by atoms with Gasteiger partial charge in [-0.2, -0.15) is 16.9 Å². The highest BCUT2D eigenvalue weighted by molar-refractivity contribution is 7.99. The van der Waals surface area contributed by atoms with Gasteiger partial charge < -0.3 is 4.90 Å². The summed E-state index contributed by atoms with van der Waals surface area (Å²) in [5.74, 6) is 2.07. The first kappa shape index (κ1) is 11.5. The number of hydrogen-bond donors (Lipinski definition) is 0. The van der Waals surface area contributed by atoms with Crippen LogP contribution in [0.1, 0.15) is 16.1 Å². The Morgan fingerprint density at radius 2 is 2.17 bits per heavy atom. The summed E-state index contributed by atoms with van der Waals surface area (Å²) in [6, 6.07) is 1.88. The molecule has 2 aromatic heterocycles. The summed E-state index contributed by atoms with van der Waals surface area (Å²) in [5, 5.41) is 4.18. The van der Waals surface area contributed by atoms with Crippen molar-refractivity contribution in [2.45, 2.75) is 6.92 Å². The highest BCUT2D eigenvalue weighted by Gasteiger charge is 2.22. The lowest BCUT2D eigenvalue weighted by Gasteiger charge is -2.25. The van der Waals surface area contributed by atoms with Gasteiger partial charge in [-0.1, -0.05) is 0 Å². The average Bonchev–Trinajstić information content (AvgIpc) is 2.82. The van der Waals surface area contributed by atoms with Crippen LogP contribution in [0.4, 0.5) is 0 Å². The Kier molecular flexibility index (Phi) is 2.95. The van der Waals surface area contributed by atoms with E-state index in [2.05, 4.69) is 10.1 Å². The Morgan fingerprint density at radius 1 is 1.39 bits per heavy atom. The summed E-state index contributed by atoms with van der Waals surface area (Å²) < 4.78 is 1.65. The fourth-order valence-corrected chi connectivity index (χ4v) is 2.95. The maximum Gasteiger partial charge on any atom is 0.259 e. The Bertz CT molecular complexity index is 589. The van der Waals surface area contributed by atoms with Gasteiger partial charge in [0.1, 0.15) is 5.56 Å². The first-order valence-electron chi connectivity index (χ1n) is 5.94. The van der Waals surface area contributed by atoms with Gasteiger partial charge in [-0.05, 0) is 13.0 Å². The zero-order valence-electron chi connectivity index (χ0n) is 10.2. The van der Waals surface area contributed by atoms with E-state index in [1.54, 1.807) is 10.7 Å². The van der Waals surface area contributed by atoms with Crippen molar-refractivity contribution in [3.05, 3.63) is 29.7 Å². The van der Waals surface area contributed by atoms with Crippen LogP contribution in [0.25, 0.3) is 5.65 Å². The molecule has 1 aliphatic rings. The number of fused-ring (bicyclic) bond motifs is 1. The van der Waals surface area contributed by atoms with Crippen LogP contribution < -0.4 is 0 Å². The van der Waals surface area contributed by atoms with Crippen molar-refractivity contribution < 1.29 is 4.79 Å². The Morgan fingerprint density at radius 3 is 2.94 bits per heavy atom. The molecule has 0 aromatic carbocycles. The number of aryl methyl sites for hydroxylation is 1. The third-order valence-electron chi connectivity index (χ3n) is 3.04. The summed E-state index contributed by atoms with van der Waals surface area (Å²) in [5.41, 5.74) is 2.15. The van der Waals surface area contributed by atoms with Gasteiger partial charge in [0.05, 0.1) is 6.20 Å². The minimum Gasteiger partial charge on any atom is -0.337 e. The maximum absolute atomic E-state index is 12.4. The summed E-state index contributed by atoms with van der Waals surface area (Å²) in [7, 11) is 0. The van der Waals surface area contributed by atoms with E-state index in [-0.39, 0.29) is 5.91 Å². The van der Waals surface area contributed by atoms with Crippen molar-refractivity contribution in [3.8, 4) is 0 Å². The zero-order chi connectivity index (χ0) is 12.5. The van der Waals surface area contributed by atoms with Crippen molar-refractivity contribution in [1.29, 1.82) is 0 Å². The van der Waals surface area contributed by atoms with Gasteiger partial charge in [0.25, 0.3) is 5.91 Å². The van der Waals surface area contributed by atoms with E-state index in [4.69, 9.17) is 0 Å². The number of nitrogens with zero attached hydrogens (tertiary/aromatic N) is 4. The number of carbonyl (C=O) groups is 1. The third-order valence-corrected chi connectivity index (χ3v) is 3.98. The van der Waals surface area contributed by atoms with Crippen LogP contribution in [0.5, 0.6) is 0 Å². The number of hydrogen-bond acceptors (Lipinski definition) is 4. The smallest absolute Gasteiger partial charge is 0.259 e. The number of aromatic nitrogens is 3.